The predicted molar refractivity (Wildman–Crippen MR) is 80.0 cm³/mol. The molecule has 1 saturated heterocycles. The Morgan fingerprint density at radius 3 is 3.20 bits per heavy atom. The van der Waals surface area contributed by atoms with Gasteiger partial charge in [-0.2, -0.15) is 0 Å². The van der Waals surface area contributed by atoms with Crippen LogP contribution in [0.4, 0.5) is 5.69 Å². The van der Waals surface area contributed by atoms with Gasteiger partial charge in [0.1, 0.15) is 0 Å². The summed E-state index contributed by atoms with van der Waals surface area (Å²) in [6, 6.07) is 6.25. The third-order valence-corrected chi connectivity index (χ3v) is 4.83. The number of amides is 1. The summed E-state index contributed by atoms with van der Waals surface area (Å²) in [5.41, 5.74) is 2.54. The van der Waals surface area contributed by atoms with Crippen LogP contribution in [0, 0.1) is 0 Å². The van der Waals surface area contributed by atoms with Crippen LogP contribution in [0.1, 0.15) is 32.1 Å². The summed E-state index contributed by atoms with van der Waals surface area (Å²) < 4.78 is 8.69. The summed E-state index contributed by atoms with van der Waals surface area (Å²) >= 11 is -0.0603. The molecule has 0 saturated carbocycles. The second kappa shape index (κ2) is 6.48. The van der Waals surface area contributed by atoms with Crippen LogP contribution in [0.25, 0.3) is 11.0 Å². The Balaban J connectivity index is 1.57. The van der Waals surface area contributed by atoms with Gasteiger partial charge in [0.2, 0.25) is 0 Å². The molecule has 1 fully saturated rings. The van der Waals surface area contributed by atoms with Gasteiger partial charge in [-0.05, 0) is 0 Å². The number of benzene rings is 1. The normalized spacial score (nSPS) is 19.1. The van der Waals surface area contributed by atoms with Gasteiger partial charge >= 0.3 is 124 Å². The fourth-order valence-electron chi connectivity index (χ4n) is 2.60. The first-order valence-corrected chi connectivity index (χ1v) is 8.60. The molecule has 1 aromatic carbocycles. The summed E-state index contributed by atoms with van der Waals surface area (Å²) in [4.78, 5) is 12.0. The van der Waals surface area contributed by atoms with Crippen LogP contribution in [0.15, 0.2) is 18.2 Å². The molecule has 1 amide bonds. The number of hydrogen-bond acceptors (Lipinski definition) is 4. The average Bonchev–Trinajstić information content (AvgIpc) is 2.96. The van der Waals surface area contributed by atoms with Gasteiger partial charge in [-0.25, -0.2) is 0 Å². The van der Waals surface area contributed by atoms with E-state index in [1.807, 2.05) is 18.2 Å². The molecule has 1 unspecified atom stereocenters. The van der Waals surface area contributed by atoms with E-state index in [2.05, 4.69) is 18.6 Å². The number of carbonyl (C=O) groups excluding carboxylic acids is 1. The number of piperidine rings is 1. The van der Waals surface area contributed by atoms with Crippen molar-refractivity contribution in [2.24, 2.45) is 0 Å². The fourth-order valence-corrected chi connectivity index (χ4v) is 3.75. The molecule has 6 heteroatoms. The SMILES string of the molecule is O=C(CCC1CCCCN1)Nc1cccc2n[se]nc12. The molecule has 20 heavy (non-hydrogen) atoms. The zero-order valence-corrected chi connectivity index (χ0v) is 13.0. The number of carbonyl (C=O) groups is 1. The first-order valence-electron chi connectivity index (χ1n) is 7.07. The van der Waals surface area contributed by atoms with Crippen molar-refractivity contribution in [3.63, 3.8) is 0 Å². The first-order chi connectivity index (χ1) is 9.83. The number of aromatic nitrogens is 2. The van der Waals surface area contributed by atoms with Crippen LogP contribution < -0.4 is 10.6 Å². The third kappa shape index (κ3) is 3.26. The number of hydrogen-bond donors (Lipinski definition) is 2. The van der Waals surface area contributed by atoms with Gasteiger partial charge in [-0.15, -0.1) is 0 Å². The number of nitrogens with one attached hydrogen (secondary N) is 2. The van der Waals surface area contributed by atoms with Crippen molar-refractivity contribution in [2.75, 3.05) is 11.9 Å². The molecule has 2 N–H and O–H groups in total. The molecule has 1 aliphatic heterocycles. The number of nitrogens with zero attached hydrogens (tertiary/aromatic N) is 2. The minimum atomic E-state index is -0.0603. The number of anilines is 1. The van der Waals surface area contributed by atoms with E-state index in [-0.39, 0.29) is 20.9 Å². The molecule has 1 atom stereocenters. The van der Waals surface area contributed by atoms with E-state index in [4.69, 9.17) is 0 Å². The van der Waals surface area contributed by atoms with Gasteiger partial charge < -0.3 is 0 Å². The Kier molecular flexibility index (Phi) is 4.45. The van der Waals surface area contributed by atoms with Crippen LogP contribution in [0.3, 0.4) is 0 Å². The predicted octanol–water partition coefficient (Wildman–Crippen LogP) is 1.55. The van der Waals surface area contributed by atoms with Crippen molar-refractivity contribution in [3.8, 4) is 0 Å². The van der Waals surface area contributed by atoms with Gasteiger partial charge in [0, 0.05) is 0 Å². The summed E-state index contributed by atoms with van der Waals surface area (Å²) in [6.07, 6.45) is 5.18. The molecule has 0 radical (unpaired) electrons. The molecule has 106 valence electrons. The van der Waals surface area contributed by atoms with Crippen LogP contribution in [0.2, 0.25) is 0 Å². The second-order valence-corrected chi connectivity index (χ2v) is 6.28. The van der Waals surface area contributed by atoms with Gasteiger partial charge in [0.25, 0.3) is 0 Å². The topological polar surface area (TPSA) is 66.9 Å². The van der Waals surface area contributed by atoms with Crippen molar-refractivity contribution in [1.82, 2.24) is 13.3 Å². The van der Waals surface area contributed by atoms with Crippen molar-refractivity contribution < 1.29 is 4.79 Å². The molecule has 1 aromatic heterocycles. The maximum atomic E-state index is 12.0. The molecular formula is C14H18N4OSe. The van der Waals surface area contributed by atoms with E-state index in [1.54, 1.807) is 0 Å². The molecule has 1 aliphatic rings. The molecule has 2 heterocycles. The number of rotatable bonds is 4. The first kappa shape index (κ1) is 13.7. The third-order valence-electron chi connectivity index (χ3n) is 3.69. The molecule has 0 aliphatic carbocycles. The molecule has 0 bridgehead atoms. The van der Waals surface area contributed by atoms with E-state index in [0.29, 0.717) is 12.5 Å². The number of fused-ring (bicyclic) bond motifs is 1. The maximum absolute atomic E-state index is 12.0. The summed E-state index contributed by atoms with van der Waals surface area (Å²) in [7, 11) is 0. The zero-order valence-electron chi connectivity index (χ0n) is 11.3. The Hall–Kier alpha value is -1.23. The average molecular weight is 337 g/mol. The van der Waals surface area contributed by atoms with Crippen molar-refractivity contribution in [1.29, 1.82) is 0 Å². The summed E-state index contributed by atoms with van der Waals surface area (Å²) in [6.45, 7) is 1.08. The quantitative estimate of drug-likeness (QED) is 0.831. The van der Waals surface area contributed by atoms with Crippen molar-refractivity contribution in [2.45, 2.75) is 38.1 Å². The minimum absolute atomic E-state index is 0.0603. The molecular weight excluding hydrogens is 319 g/mol. The second-order valence-electron chi connectivity index (χ2n) is 5.17. The van der Waals surface area contributed by atoms with Crippen LogP contribution in [-0.4, -0.2) is 41.4 Å². The Morgan fingerprint density at radius 1 is 1.40 bits per heavy atom. The van der Waals surface area contributed by atoms with Gasteiger partial charge in [-0.1, -0.05) is 0 Å². The Bertz CT molecular complexity index is 592. The van der Waals surface area contributed by atoms with E-state index in [9.17, 15) is 4.79 Å². The Morgan fingerprint density at radius 2 is 2.35 bits per heavy atom. The summed E-state index contributed by atoms with van der Waals surface area (Å²) in [5, 5.41) is 6.44. The standard InChI is InChI=1S/C14H18N4OSe/c19-13(8-7-10-4-1-2-9-15-10)16-11-5-3-6-12-14(11)18-20-17-12/h3,5-6,10,15H,1-2,4,7-9H2,(H,16,19). The van der Waals surface area contributed by atoms with Crippen LogP contribution in [0.5, 0.6) is 0 Å². The fraction of sp³-hybridized carbons (Fsp3) is 0.500. The zero-order chi connectivity index (χ0) is 13.8. The monoisotopic (exact) mass is 338 g/mol. The Labute approximate surface area is 124 Å². The molecule has 0 spiro atoms. The van der Waals surface area contributed by atoms with E-state index < -0.39 is 0 Å². The van der Waals surface area contributed by atoms with Gasteiger partial charge in [-0.3, -0.25) is 0 Å². The molecule has 2 aromatic rings. The van der Waals surface area contributed by atoms with Crippen LogP contribution in [-0.2, 0) is 4.79 Å². The van der Waals surface area contributed by atoms with Crippen LogP contribution >= 0.6 is 0 Å². The van der Waals surface area contributed by atoms with Crippen molar-refractivity contribution >= 4 is 37.6 Å². The van der Waals surface area contributed by atoms with E-state index >= 15 is 0 Å². The van der Waals surface area contributed by atoms with Gasteiger partial charge in [0.15, 0.2) is 0 Å². The summed E-state index contributed by atoms with van der Waals surface area (Å²) in [5.74, 6) is 0.0698. The van der Waals surface area contributed by atoms with Crippen molar-refractivity contribution in [3.05, 3.63) is 18.2 Å². The van der Waals surface area contributed by atoms with Gasteiger partial charge in [0.05, 0.1) is 0 Å². The van der Waals surface area contributed by atoms with E-state index in [1.165, 1.54) is 19.3 Å². The van der Waals surface area contributed by atoms with E-state index in [0.717, 1.165) is 29.7 Å². The molecule has 5 nitrogen and oxygen atoms in total. The molecule has 3 rings (SSSR count).